The van der Waals surface area contributed by atoms with Gasteiger partial charge in [-0.25, -0.2) is 0 Å². The fourth-order valence-electron chi connectivity index (χ4n) is 1.13. The predicted molar refractivity (Wildman–Crippen MR) is 53.3 cm³/mol. The topological polar surface area (TPSA) is 49.8 Å². The Bertz CT molecular complexity index is 192. The normalized spacial score (nSPS) is 18.5. The number of nitrogens with zero attached hydrogens (tertiary/aromatic N) is 1. The minimum Gasteiger partial charge on any atom is -0.480 e. The van der Waals surface area contributed by atoms with Crippen molar-refractivity contribution in [3.05, 3.63) is 0 Å². The Morgan fingerprint density at radius 2 is 2.29 bits per heavy atom. The molecule has 1 unspecified atom stereocenters. The maximum Gasteiger partial charge on any atom is 0.320 e. The molecule has 4 heteroatoms. The van der Waals surface area contributed by atoms with Crippen LogP contribution in [0, 0.1) is 5.92 Å². The quantitative estimate of drug-likeness (QED) is 0.619. The van der Waals surface area contributed by atoms with Crippen LogP contribution in [0.5, 0.6) is 0 Å². The molecule has 82 valence electrons. The third-order valence-corrected chi connectivity index (χ3v) is 2.66. The zero-order valence-corrected chi connectivity index (χ0v) is 8.90. The number of carboxylic acids is 1. The van der Waals surface area contributed by atoms with E-state index in [1.807, 2.05) is 0 Å². The Morgan fingerprint density at radius 3 is 2.79 bits per heavy atom. The van der Waals surface area contributed by atoms with Crippen LogP contribution in [0.15, 0.2) is 0 Å². The van der Waals surface area contributed by atoms with Crippen molar-refractivity contribution < 1.29 is 14.6 Å². The van der Waals surface area contributed by atoms with Gasteiger partial charge in [0.1, 0.15) is 6.04 Å². The summed E-state index contributed by atoms with van der Waals surface area (Å²) in [4.78, 5) is 12.4. The number of likely N-dealkylation sites (N-methyl/N-ethyl adjacent to an activating group) is 1. The van der Waals surface area contributed by atoms with Gasteiger partial charge in [-0.2, -0.15) is 0 Å². The van der Waals surface area contributed by atoms with Crippen molar-refractivity contribution in [1.82, 2.24) is 4.90 Å². The van der Waals surface area contributed by atoms with E-state index in [1.54, 1.807) is 18.9 Å². The Labute approximate surface area is 84.8 Å². The molecule has 1 atom stereocenters. The molecule has 0 aromatic carbocycles. The molecule has 1 saturated carbocycles. The minimum absolute atomic E-state index is 0.431. The molecule has 0 aliphatic heterocycles. The van der Waals surface area contributed by atoms with E-state index in [9.17, 15) is 4.79 Å². The molecule has 4 nitrogen and oxygen atoms in total. The van der Waals surface area contributed by atoms with E-state index in [0.29, 0.717) is 13.2 Å². The first-order chi connectivity index (χ1) is 6.61. The molecule has 0 bridgehead atoms. The van der Waals surface area contributed by atoms with E-state index in [4.69, 9.17) is 9.84 Å². The van der Waals surface area contributed by atoms with Crippen LogP contribution in [0.25, 0.3) is 0 Å². The van der Waals surface area contributed by atoms with E-state index in [2.05, 4.69) is 0 Å². The van der Waals surface area contributed by atoms with Crippen molar-refractivity contribution in [2.75, 3.05) is 26.8 Å². The Hall–Kier alpha value is -0.610. The highest BCUT2D eigenvalue weighted by Gasteiger charge is 2.21. The summed E-state index contributed by atoms with van der Waals surface area (Å²) in [5.74, 6) is -0.00750. The Kier molecular flexibility index (Phi) is 4.35. The zero-order valence-electron chi connectivity index (χ0n) is 8.90. The molecule has 1 aliphatic carbocycles. The number of hydrogen-bond acceptors (Lipinski definition) is 3. The van der Waals surface area contributed by atoms with E-state index in [1.165, 1.54) is 12.8 Å². The first-order valence-corrected chi connectivity index (χ1v) is 5.12. The third kappa shape index (κ3) is 4.07. The van der Waals surface area contributed by atoms with E-state index < -0.39 is 12.0 Å². The maximum atomic E-state index is 10.6. The van der Waals surface area contributed by atoms with Crippen LogP contribution in [-0.4, -0.2) is 48.8 Å². The van der Waals surface area contributed by atoms with E-state index in [0.717, 1.165) is 12.5 Å². The second-order valence-electron chi connectivity index (χ2n) is 4.01. The molecule has 14 heavy (non-hydrogen) atoms. The average molecular weight is 201 g/mol. The van der Waals surface area contributed by atoms with Gasteiger partial charge in [-0.1, -0.05) is 0 Å². The lowest BCUT2D eigenvalue weighted by Gasteiger charge is -2.20. The minimum atomic E-state index is -0.783. The van der Waals surface area contributed by atoms with Crippen LogP contribution in [0.4, 0.5) is 0 Å². The van der Waals surface area contributed by atoms with Gasteiger partial charge in [0, 0.05) is 13.2 Å². The standard InChI is InChI=1S/C10H19NO3/c1-8(10(12)13)11(2)5-6-14-7-9-3-4-9/h8-9H,3-7H2,1-2H3,(H,12,13). The van der Waals surface area contributed by atoms with Crippen LogP contribution in [0.2, 0.25) is 0 Å². The predicted octanol–water partition coefficient (Wildman–Crippen LogP) is 0.818. The van der Waals surface area contributed by atoms with Gasteiger partial charge in [0.2, 0.25) is 0 Å². The summed E-state index contributed by atoms with van der Waals surface area (Å²) < 4.78 is 5.42. The first kappa shape index (κ1) is 11.5. The second-order valence-corrected chi connectivity index (χ2v) is 4.01. The van der Waals surface area contributed by atoms with Crippen LogP contribution < -0.4 is 0 Å². The molecule has 0 radical (unpaired) electrons. The largest absolute Gasteiger partial charge is 0.480 e. The van der Waals surface area contributed by atoms with Crippen molar-refractivity contribution in [3.8, 4) is 0 Å². The Morgan fingerprint density at radius 1 is 1.64 bits per heavy atom. The van der Waals surface area contributed by atoms with Gasteiger partial charge < -0.3 is 9.84 Å². The van der Waals surface area contributed by atoms with Crippen LogP contribution >= 0.6 is 0 Å². The fourth-order valence-corrected chi connectivity index (χ4v) is 1.13. The molecule has 0 aromatic heterocycles. The van der Waals surface area contributed by atoms with Gasteiger partial charge >= 0.3 is 5.97 Å². The third-order valence-electron chi connectivity index (χ3n) is 2.66. The van der Waals surface area contributed by atoms with Crippen molar-refractivity contribution in [1.29, 1.82) is 0 Å². The smallest absolute Gasteiger partial charge is 0.320 e. The van der Waals surface area contributed by atoms with Gasteiger partial charge in [-0.05, 0) is 32.7 Å². The number of carboxylic acid groups (broad SMARTS) is 1. The molecule has 1 fully saturated rings. The molecule has 0 heterocycles. The SMILES string of the molecule is CC(C(=O)O)N(C)CCOCC1CC1. The highest BCUT2D eigenvalue weighted by atomic mass is 16.5. The van der Waals surface area contributed by atoms with Gasteiger partial charge in [0.05, 0.1) is 6.61 Å². The molecular formula is C10H19NO3. The Balaban J connectivity index is 2.00. The average Bonchev–Trinajstić information content (AvgIpc) is 2.94. The number of ether oxygens (including phenoxy) is 1. The first-order valence-electron chi connectivity index (χ1n) is 5.12. The second kappa shape index (κ2) is 5.32. The fraction of sp³-hybridized carbons (Fsp3) is 0.900. The molecular weight excluding hydrogens is 182 g/mol. The van der Waals surface area contributed by atoms with Crippen LogP contribution in [0.3, 0.4) is 0 Å². The lowest BCUT2D eigenvalue weighted by molar-refractivity contribution is -0.142. The van der Waals surface area contributed by atoms with Crippen LogP contribution in [-0.2, 0) is 9.53 Å². The summed E-state index contributed by atoms with van der Waals surface area (Å²) in [7, 11) is 1.80. The lowest BCUT2D eigenvalue weighted by Crippen LogP contribution is -2.37. The summed E-state index contributed by atoms with van der Waals surface area (Å²) in [5.41, 5.74) is 0. The highest BCUT2D eigenvalue weighted by molar-refractivity contribution is 5.72. The number of carbonyl (C=O) groups is 1. The zero-order chi connectivity index (χ0) is 10.6. The number of hydrogen-bond donors (Lipinski definition) is 1. The number of aliphatic carboxylic acids is 1. The molecule has 0 aromatic rings. The van der Waals surface area contributed by atoms with E-state index in [-0.39, 0.29) is 0 Å². The van der Waals surface area contributed by atoms with Gasteiger partial charge in [0.25, 0.3) is 0 Å². The molecule has 0 amide bonds. The molecule has 1 N–H and O–H groups in total. The molecule has 1 aliphatic rings. The van der Waals surface area contributed by atoms with Crippen molar-refractivity contribution in [2.45, 2.75) is 25.8 Å². The van der Waals surface area contributed by atoms with Crippen molar-refractivity contribution in [3.63, 3.8) is 0 Å². The molecule has 0 spiro atoms. The lowest BCUT2D eigenvalue weighted by atomic mass is 10.3. The monoisotopic (exact) mass is 201 g/mol. The summed E-state index contributed by atoms with van der Waals surface area (Å²) in [6.45, 7) is 3.84. The molecule has 0 saturated heterocycles. The summed E-state index contributed by atoms with van der Waals surface area (Å²) in [6, 6.07) is -0.431. The molecule has 1 rings (SSSR count). The van der Waals surface area contributed by atoms with Gasteiger partial charge in [-0.15, -0.1) is 0 Å². The summed E-state index contributed by atoms with van der Waals surface area (Å²) >= 11 is 0. The van der Waals surface area contributed by atoms with E-state index >= 15 is 0 Å². The highest BCUT2D eigenvalue weighted by Crippen LogP contribution is 2.28. The summed E-state index contributed by atoms with van der Waals surface area (Å²) in [6.07, 6.45) is 2.59. The summed E-state index contributed by atoms with van der Waals surface area (Å²) in [5, 5.41) is 8.72. The van der Waals surface area contributed by atoms with Crippen molar-refractivity contribution >= 4 is 5.97 Å². The van der Waals surface area contributed by atoms with Gasteiger partial charge in [-0.3, -0.25) is 9.69 Å². The maximum absolute atomic E-state index is 10.6. The number of rotatable bonds is 7. The van der Waals surface area contributed by atoms with Gasteiger partial charge in [0.15, 0.2) is 0 Å². The van der Waals surface area contributed by atoms with Crippen molar-refractivity contribution in [2.24, 2.45) is 5.92 Å². The van der Waals surface area contributed by atoms with Crippen LogP contribution in [0.1, 0.15) is 19.8 Å².